The fourth-order valence-corrected chi connectivity index (χ4v) is 5.96. The van der Waals surface area contributed by atoms with Crippen molar-refractivity contribution >= 4 is 39.8 Å². The molecule has 218 valence electrons. The molecule has 2 aromatic heterocycles. The summed E-state index contributed by atoms with van der Waals surface area (Å²) in [6.45, 7) is 0.989. The van der Waals surface area contributed by atoms with Crippen LogP contribution < -0.4 is 0 Å². The summed E-state index contributed by atoms with van der Waals surface area (Å²) in [7, 11) is 0. The lowest BCUT2D eigenvalue weighted by molar-refractivity contribution is -0.143. The molecule has 0 spiro atoms. The fourth-order valence-electron chi connectivity index (χ4n) is 4.99. The van der Waals surface area contributed by atoms with Gasteiger partial charge < -0.3 is 4.90 Å². The largest absolute Gasteiger partial charge is 0.416 e. The number of H-pyrrole nitrogens is 1. The van der Waals surface area contributed by atoms with E-state index in [-0.39, 0.29) is 30.0 Å². The van der Waals surface area contributed by atoms with Gasteiger partial charge in [0.2, 0.25) is 0 Å². The van der Waals surface area contributed by atoms with Crippen molar-refractivity contribution in [1.29, 1.82) is 0 Å². The first-order chi connectivity index (χ1) is 20.0. The molecule has 0 saturated carbocycles. The second kappa shape index (κ2) is 10.6. The van der Waals surface area contributed by atoms with E-state index in [0.717, 1.165) is 18.9 Å². The highest BCUT2D eigenvalue weighted by molar-refractivity contribution is 8.18. The van der Waals surface area contributed by atoms with E-state index < -0.39 is 23.5 Å². The minimum absolute atomic E-state index is 0.119. The van der Waals surface area contributed by atoms with Crippen LogP contribution in [0.5, 0.6) is 0 Å². The van der Waals surface area contributed by atoms with Crippen LogP contribution in [0.15, 0.2) is 52.5 Å². The quantitative estimate of drug-likeness (QED) is 0.242. The molecule has 4 heterocycles. The molecule has 1 saturated heterocycles. The number of fused-ring (bicyclic) bond motifs is 1. The smallest absolute Gasteiger partial charge is 0.351 e. The van der Waals surface area contributed by atoms with Crippen molar-refractivity contribution in [3.63, 3.8) is 0 Å². The van der Waals surface area contributed by atoms with Crippen LogP contribution in [0.3, 0.4) is 0 Å². The maximum absolute atomic E-state index is 13.6. The van der Waals surface area contributed by atoms with Gasteiger partial charge in [-0.2, -0.15) is 41.6 Å². The number of amidine groups is 1. The van der Waals surface area contributed by atoms with Gasteiger partial charge in [-0.05, 0) is 66.1 Å². The third kappa shape index (κ3) is 5.62. The van der Waals surface area contributed by atoms with Crippen molar-refractivity contribution in [3.8, 4) is 0 Å². The topological polar surface area (TPSA) is 105 Å². The van der Waals surface area contributed by atoms with Crippen molar-refractivity contribution in [2.45, 2.75) is 37.7 Å². The summed E-state index contributed by atoms with van der Waals surface area (Å²) in [5.41, 5.74) is -1.94. The minimum atomic E-state index is -4.98. The van der Waals surface area contributed by atoms with E-state index in [4.69, 9.17) is 0 Å². The van der Waals surface area contributed by atoms with Crippen molar-refractivity contribution < 1.29 is 31.1 Å². The predicted molar refractivity (Wildman–Crippen MR) is 141 cm³/mol. The van der Waals surface area contributed by atoms with Crippen LogP contribution in [-0.4, -0.2) is 59.5 Å². The van der Waals surface area contributed by atoms with Gasteiger partial charge >= 0.3 is 12.4 Å². The van der Waals surface area contributed by atoms with Crippen molar-refractivity contribution in [2.24, 2.45) is 4.99 Å². The second-order valence-corrected chi connectivity index (χ2v) is 10.8. The fraction of sp³-hybridized carbons (Fsp3) is 0.308. The molecule has 16 heteroatoms. The van der Waals surface area contributed by atoms with Crippen molar-refractivity contribution in [2.75, 3.05) is 13.1 Å². The Morgan fingerprint density at radius 1 is 1.02 bits per heavy atom. The second-order valence-electron chi connectivity index (χ2n) is 9.83. The van der Waals surface area contributed by atoms with Crippen LogP contribution in [0.1, 0.15) is 46.8 Å². The Balaban J connectivity index is 1.17. The number of nitrogens with one attached hydrogen (secondary N) is 1. The number of halogens is 6. The van der Waals surface area contributed by atoms with Crippen LogP contribution in [0.25, 0.3) is 17.0 Å². The molecule has 2 aromatic carbocycles. The number of carbonyl (C=O) groups excluding carboxylic acids is 1. The molecule has 4 aromatic rings. The number of alkyl halides is 6. The van der Waals surface area contributed by atoms with Crippen LogP contribution >= 0.6 is 11.8 Å². The number of aromatic amines is 1. The summed E-state index contributed by atoms with van der Waals surface area (Å²) >= 11 is 1.27. The molecule has 9 nitrogen and oxygen atoms in total. The number of aliphatic imine (C=N–C) groups is 1. The molecule has 0 atom stereocenters. The molecular formula is C26H20F6N8OS. The molecular weight excluding hydrogens is 586 g/mol. The lowest BCUT2D eigenvalue weighted by Crippen LogP contribution is -2.36. The van der Waals surface area contributed by atoms with Crippen LogP contribution in [0.2, 0.25) is 0 Å². The lowest BCUT2D eigenvalue weighted by Gasteiger charge is -2.31. The molecule has 0 unspecified atom stereocenters. The summed E-state index contributed by atoms with van der Waals surface area (Å²) < 4.78 is 81.2. The number of nitrogens with zero attached hydrogens (tertiary/aromatic N) is 7. The Bertz CT molecular complexity index is 1700. The van der Waals surface area contributed by atoms with Gasteiger partial charge in [0.25, 0.3) is 5.91 Å². The molecule has 2 aliphatic heterocycles. The monoisotopic (exact) mass is 606 g/mol. The third-order valence-corrected chi connectivity index (χ3v) is 8.17. The zero-order valence-electron chi connectivity index (χ0n) is 21.4. The van der Waals surface area contributed by atoms with E-state index in [1.807, 2.05) is 4.90 Å². The number of likely N-dealkylation sites (tertiary alicyclic amines) is 1. The van der Waals surface area contributed by atoms with Crippen LogP contribution in [-0.2, 0) is 23.7 Å². The van der Waals surface area contributed by atoms with Gasteiger partial charge in [-0.15, -0.1) is 10.2 Å². The van der Waals surface area contributed by atoms with E-state index in [2.05, 4.69) is 30.7 Å². The average molecular weight is 607 g/mol. The molecule has 42 heavy (non-hydrogen) atoms. The summed E-state index contributed by atoms with van der Waals surface area (Å²) in [6, 6.07) is 6.63. The highest BCUT2D eigenvalue weighted by Crippen LogP contribution is 2.38. The Hall–Kier alpha value is -4.21. The lowest BCUT2D eigenvalue weighted by atomic mass is 9.97. The van der Waals surface area contributed by atoms with Gasteiger partial charge in [0.15, 0.2) is 11.0 Å². The van der Waals surface area contributed by atoms with E-state index in [9.17, 15) is 31.1 Å². The Kier molecular flexibility index (Phi) is 7.03. The summed E-state index contributed by atoms with van der Waals surface area (Å²) in [6.07, 6.45) is -5.15. The maximum atomic E-state index is 13.6. The normalized spacial score (nSPS) is 18.0. The summed E-state index contributed by atoms with van der Waals surface area (Å²) in [5, 5.41) is 19.5. The number of tetrazole rings is 1. The molecule has 1 amide bonds. The van der Waals surface area contributed by atoms with Crippen molar-refractivity contribution in [1.82, 2.24) is 35.3 Å². The van der Waals surface area contributed by atoms with Crippen molar-refractivity contribution in [3.05, 3.63) is 75.6 Å². The van der Waals surface area contributed by atoms with Gasteiger partial charge in [0.1, 0.15) is 0 Å². The highest BCUT2D eigenvalue weighted by atomic mass is 32.2. The molecule has 0 aliphatic carbocycles. The zero-order valence-corrected chi connectivity index (χ0v) is 22.3. The van der Waals surface area contributed by atoms with Gasteiger partial charge in [0, 0.05) is 24.4 Å². The SMILES string of the molecule is O=C1N=C(N2CCC(c3nn[nH]n3)CC2)SC1=Cc1ccc2c(cnn2Cc2ccc(C(F)(F)F)cc2C(F)(F)F)c1. The standard InChI is InChI=1S/C26H20F6N8OS/c27-25(28,29)18-3-2-16(19(11-18)26(30,31)32)13-40-20-4-1-14(9-17(20)12-33-40)10-21-23(41)34-24(42-21)39-7-5-15(6-8-39)22-35-37-38-36-22/h1-4,9-12,15H,5-8,13H2,(H,35,36,37,38). The average Bonchev–Trinajstić information content (AvgIpc) is 3.69. The Morgan fingerprint density at radius 3 is 2.50 bits per heavy atom. The molecule has 6 rings (SSSR count). The highest BCUT2D eigenvalue weighted by Gasteiger charge is 2.38. The van der Waals surface area contributed by atoms with Crippen LogP contribution in [0, 0.1) is 0 Å². The number of rotatable bonds is 4. The van der Waals surface area contributed by atoms with E-state index >= 15 is 0 Å². The summed E-state index contributed by atoms with van der Waals surface area (Å²) in [5.74, 6) is 0.490. The molecule has 0 bridgehead atoms. The minimum Gasteiger partial charge on any atom is -0.351 e. The number of benzene rings is 2. The number of carbonyl (C=O) groups is 1. The predicted octanol–water partition coefficient (Wildman–Crippen LogP) is 5.49. The Morgan fingerprint density at radius 2 is 1.81 bits per heavy atom. The molecule has 0 radical (unpaired) electrons. The maximum Gasteiger partial charge on any atom is 0.416 e. The van der Waals surface area contributed by atoms with Gasteiger partial charge in [0.05, 0.1) is 34.3 Å². The third-order valence-electron chi connectivity index (χ3n) is 7.13. The van der Waals surface area contributed by atoms with Gasteiger partial charge in [-0.3, -0.25) is 9.48 Å². The number of hydrogen-bond donors (Lipinski definition) is 1. The number of hydrogen-bond acceptors (Lipinski definition) is 7. The Labute approximate surface area is 237 Å². The number of aromatic nitrogens is 6. The van der Waals surface area contributed by atoms with Crippen LogP contribution in [0.4, 0.5) is 26.3 Å². The van der Waals surface area contributed by atoms with E-state index in [1.54, 1.807) is 24.3 Å². The van der Waals surface area contributed by atoms with E-state index in [1.165, 1.54) is 22.6 Å². The van der Waals surface area contributed by atoms with Gasteiger partial charge in [-0.1, -0.05) is 17.3 Å². The molecule has 1 fully saturated rings. The number of amides is 1. The first kappa shape index (κ1) is 27.9. The first-order valence-corrected chi connectivity index (χ1v) is 13.5. The molecule has 2 aliphatic rings. The number of piperidine rings is 1. The molecule has 1 N–H and O–H groups in total. The summed E-state index contributed by atoms with van der Waals surface area (Å²) in [4.78, 5) is 19.3. The van der Waals surface area contributed by atoms with Gasteiger partial charge in [-0.25, -0.2) is 0 Å². The van der Waals surface area contributed by atoms with E-state index in [0.29, 0.717) is 51.5 Å². The zero-order chi connectivity index (χ0) is 29.6. The first-order valence-electron chi connectivity index (χ1n) is 12.7. The number of thioether (sulfide) groups is 1.